The summed E-state index contributed by atoms with van der Waals surface area (Å²) in [7, 11) is 0. The first-order valence-corrected chi connectivity index (χ1v) is 7.61. The minimum atomic E-state index is 0.858. The molecular formula is C13H17N5S. The third-order valence-electron chi connectivity index (χ3n) is 3.27. The monoisotopic (exact) mass is 275 g/mol. The van der Waals surface area contributed by atoms with Crippen LogP contribution in [-0.2, 0) is 0 Å². The molecule has 1 aliphatic heterocycles. The molecule has 1 saturated heterocycles. The number of para-hydroxylation sites is 1. The third kappa shape index (κ3) is 3.13. The van der Waals surface area contributed by atoms with Gasteiger partial charge >= 0.3 is 0 Å². The molecule has 0 spiro atoms. The number of hydrogen-bond donors (Lipinski definition) is 0. The number of thioether (sulfide) groups is 1. The van der Waals surface area contributed by atoms with Crippen LogP contribution >= 0.6 is 11.8 Å². The van der Waals surface area contributed by atoms with E-state index in [1.54, 1.807) is 16.4 Å². The molecule has 1 aliphatic rings. The maximum Gasteiger partial charge on any atom is 0.215 e. The Labute approximate surface area is 117 Å². The van der Waals surface area contributed by atoms with Gasteiger partial charge in [-0.05, 0) is 48.5 Å². The Balaban J connectivity index is 1.67. The van der Waals surface area contributed by atoms with Gasteiger partial charge in [-0.15, -0.1) is 5.10 Å². The molecule has 0 unspecified atom stereocenters. The first kappa shape index (κ1) is 12.6. The van der Waals surface area contributed by atoms with E-state index in [-0.39, 0.29) is 0 Å². The summed E-state index contributed by atoms with van der Waals surface area (Å²) in [5.41, 5.74) is 1.01. The fourth-order valence-electron chi connectivity index (χ4n) is 2.24. The van der Waals surface area contributed by atoms with E-state index in [0.717, 1.165) is 16.7 Å². The topological polar surface area (TPSA) is 46.8 Å². The lowest BCUT2D eigenvalue weighted by Gasteiger charge is -2.25. The summed E-state index contributed by atoms with van der Waals surface area (Å²) in [5, 5.41) is 12.8. The highest BCUT2D eigenvalue weighted by Crippen LogP contribution is 2.20. The first-order valence-electron chi connectivity index (χ1n) is 6.62. The van der Waals surface area contributed by atoms with Crippen LogP contribution in [-0.4, -0.2) is 44.1 Å². The van der Waals surface area contributed by atoms with E-state index in [1.165, 1.54) is 32.4 Å². The second-order valence-electron chi connectivity index (χ2n) is 4.66. The molecule has 3 rings (SSSR count). The lowest BCUT2D eigenvalue weighted by atomic mass is 10.1. The number of hydrogen-bond acceptors (Lipinski definition) is 5. The fourth-order valence-corrected chi connectivity index (χ4v) is 3.15. The molecule has 5 nitrogen and oxygen atoms in total. The summed E-state index contributed by atoms with van der Waals surface area (Å²) in [6.07, 6.45) is 3.98. The Morgan fingerprint density at radius 2 is 1.84 bits per heavy atom. The number of rotatable bonds is 4. The Kier molecular flexibility index (Phi) is 4.10. The molecule has 0 N–H and O–H groups in total. The van der Waals surface area contributed by atoms with Crippen molar-refractivity contribution in [2.24, 2.45) is 0 Å². The molecule has 0 saturated carbocycles. The smallest absolute Gasteiger partial charge is 0.215 e. The number of nitrogens with zero attached hydrogens (tertiary/aromatic N) is 5. The van der Waals surface area contributed by atoms with Crippen molar-refractivity contribution in [3.8, 4) is 5.69 Å². The molecule has 100 valence electrons. The summed E-state index contributed by atoms with van der Waals surface area (Å²) < 4.78 is 1.80. The van der Waals surface area contributed by atoms with E-state index < -0.39 is 0 Å². The molecule has 6 heteroatoms. The predicted octanol–water partition coefficient (Wildman–Crippen LogP) is 2.20. The van der Waals surface area contributed by atoms with E-state index in [2.05, 4.69) is 20.4 Å². The molecule has 1 aromatic carbocycles. The van der Waals surface area contributed by atoms with Crippen LogP contribution in [0.15, 0.2) is 35.5 Å². The maximum absolute atomic E-state index is 4.12. The van der Waals surface area contributed by atoms with Crippen molar-refractivity contribution >= 4 is 11.8 Å². The van der Waals surface area contributed by atoms with Gasteiger partial charge in [0.15, 0.2) is 0 Å². The molecule has 1 fully saturated rings. The molecule has 1 aromatic heterocycles. The third-order valence-corrected chi connectivity index (χ3v) is 4.27. The van der Waals surface area contributed by atoms with Gasteiger partial charge in [-0.1, -0.05) is 36.4 Å². The molecule has 19 heavy (non-hydrogen) atoms. The highest BCUT2D eigenvalue weighted by atomic mass is 32.2. The predicted molar refractivity (Wildman–Crippen MR) is 75.3 cm³/mol. The number of benzene rings is 1. The van der Waals surface area contributed by atoms with Gasteiger partial charge in [0.05, 0.1) is 11.6 Å². The van der Waals surface area contributed by atoms with Crippen LogP contribution in [0.2, 0.25) is 0 Å². The van der Waals surface area contributed by atoms with Gasteiger partial charge in [0, 0.05) is 0 Å². The summed E-state index contributed by atoms with van der Waals surface area (Å²) in [4.78, 5) is 2.47. The van der Waals surface area contributed by atoms with Crippen molar-refractivity contribution in [3.63, 3.8) is 0 Å². The van der Waals surface area contributed by atoms with Crippen LogP contribution < -0.4 is 0 Å². The Morgan fingerprint density at radius 1 is 1.05 bits per heavy atom. The van der Waals surface area contributed by atoms with Gasteiger partial charge in [0.25, 0.3) is 0 Å². The summed E-state index contributed by atoms with van der Waals surface area (Å²) in [5.74, 6) is 0.965. The highest BCUT2D eigenvalue weighted by molar-refractivity contribution is 7.99. The molecule has 0 radical (unpaired) electrons. The van der Waals surface area contributed by atoms with Gasteiger partial charge in [0.2, 0.25) is 5.16 Å². The SMILES string of the molecule is c1ccc(-n2nnnc2SCN2CCCCC2)cc1. The van der Waals surface area contributed by atoms with Crippen LogP contribution in [0, 0.1) is 0 Å². The average molecular weight is 275 g/mol. The fraction of sp³-hybridized carbons (Fsp3) is 0.462. The average Bonchev–Trinajstić information content (AvgIpc) is 2.95. The summed E-state index contributed by atoms with van der Waals surface area (Å²) >= 11 is 1.71. The van der Waals surface area contributed by atoms with E-state index >= 15 is 0 Å². The van der Waals surface area contributed by atoms with Gasteiger partial charge in [0.1, 0.15) is 0 Å². The molecule has 2 heterocycles. The molecule has 0 amide bonds. The zero-order valence-electron chi connectivity index (χ0n) is 10.8. The number of aromatic nitrogens is 4. The summed E-state index contributed by atoms with van der Waals surface area (Å²) in [6, 6.07) is 10.0. The standard InChI is InChI=1S/C13H17N5S/c1-3-7-12(8-4-1)18-13(14-15-16-18)19-11-17-9-5-2-6-10-17/h1,3-4,7-8H,2,5-6,9-11H2. The maximum atomic E-state index is 4.12. The van der Waals surface area contributed by atoms with Crippen LogP contribution in [0.5, 0.6) is 0 Å². The van der Waals surface area contributed by atoms with E-state index in [1.807, 2.05) is 30.3 Å². The Hall–Kier alpha value is -1.40. The normalized spacial score (nSPS) is 16.6. The lowest BCUT2D eigenvalue weighted by molar-refractivity contribution is 0.266. The van der Waals surface area contributed by atoms with Crippen molar-refractivity contribution in [2.75, 3.05) is 19.0 Å². The van der Waals surface area contributed by atoms with Crippen molar-refractivity contribution in [3.05, 3.63) is 30.3 Å². The number of piperidine rings is 1. The van der Waals surface area contributed by atoms with Gasteiger partial charge in [-0.3, -0.25) is 4.90 Å². The second kappa shape index (κ2) is 6.16. The van der Waals surface area contributed by atoms with E-state index in [9.17, 15) is 0 Å². The molecule has 0 aliphatic carbocycles. The zero-order chi connectivity index (χ0) is 12.9. The largest absolute Gasteiger partial charge is 0.294 e. The second-order valence-corrected chi connectivity index (χ2v) is 5.57. The van der Waals surface area contributed by atoms with Crippen molar-refractivity contribution in [1.82, 2.24) is 25.1 Å². The van der Waals surface area contributed by atoms with Crippen molar-refractivity contribution in [1.29, 1.82) is 0 Å². The number of likely N-dealkylation sites (tertiary alicyclic amines) is 1. The summed E-state index contributed by atoms with van der Waals surface area (Å²) in [6.45, 7) is 2.39. The quantitative estimate of drug-likeness (QED) is 0.801. The van der Waals surface area contributed by atoms with Gasteiger partial charge in [-0.2, -0.15) is 4.68 Å². The zero-order valence-corrected chi connectivity index (χ0v) is 11.6. The molecule has 0 bridgehead atoms. The van der Waals surface area contributed by atoms with Crippen LogP contribution in [0.1, 0.15) is 19.3 Å². The first-order chi connectivity index (χ1) is 9.43. The van der Waals surface area contributed by atoms with Crippen molar-refractivity contribution in [2.45, 2.75) is 24.4 Å². The minimum Gasteiger partial charge on any atom is -0.294 e. The van der Waals surface area contributed by atoms with E-state index in [4.69, 9.17) is 0 Å². The lowest BCUT2D eigenvalue weighted by Crippen LogP contribution is -2.29. The number of tetrazole rings is 1. The van der Waals surface area contributed by atoms with Gasteiger partial charge in [-0.25, -0.2) is 0 Å². The highest BCUT2D eigenvalue weighted by Gasteiger charge is 2.13. The molecular weight excluding hydrogens is 258 g/mol. The van der Waals surface area contributed by atoms with Crippen molar-refractivity contribution < 1.29 is 0 Å². The molecule has 0 atom stereocenters. The van der Waals surface area contributed by atoms with Crippen LogP contribution in [0.4, 0.5) is 0 Å². The molecule has 2 aromatic rings. The Bertz CT molecular complexity index is 507. The minimum absolute atomic E-state index is 0.858. The van der Waals surface area contributed by atoms with Gasteiger partial charge < -0.3 is 0 Å². The van der Waals surface area contributed by atoms with Crippen LogP contribution in [0.3, 0.4) is 0 Å². The van der Waals surface area contributed by atoms with Crippen LogP contribution in [0.25, 0.3) is 5.69 Å². The Morgan fingerprint density at radius 3 is 2.63 bits per heavy atom. The van der Waals surface area contributed by atoms with E-state index in [0.29, 0.717) is 0 Å².